The normalized spacial score (nSPS) is 12.6. The first-order valence-corrected chi connectivity index (χ1v) is 33.0. The van der Waals surface area contributed by atoms with Crippen LogP contribution in [-0.2, 0) is 14.3 Å². The van der Waals surface area contributed by atoms with E-state index in [1.165, 1.54) is 308 Å². The third kappa shape index (κ3) is 57.9. The van der Waals surface area contributed by atoms with Gasteiger partial charge in [-0.05, 0) is 32.1 Å². The van der Waals surface area contributed by atoms with E-state index in [0.717, 1.165) is 38.5 Å². The van der Waals surface area contributed by atoms with E-state index in [1.54, 1.807) is 6.08 Å². The maximum absolute atomic E-state index is 12.4. The first-order valence-electron chi connectivity index (χ1n) is 33.0. The molecule has 0 aromatic carbocycles. The Hall–Kier alpha value is -1.40. The van der Waals surface area contributed by atoms with E-state index < -0.39 is 12.1 Å². The summed E-state index contributed by atoms with van der Waals surface area (Å²) in [5.74, 6) is -0.0452. The molecule has 0 bridgehead atoms. The van der Waals surface area contributed by atoms with E-state index in [9.17, 15) is 19.8 Å². The van der Waals surface area contributed by atoms with Crippen LogP contribution in [-0.4, -0.2) is 47.4 Å². The SMILES string of the molecule is CCCCCCCCCCCC/C=C/C(O)C(CO)NC(=O)CCCCCCCCCCCCCCCCCCCCCCCCCCOC(=O)CCCCCCCCCCCCCCCCCCCCC. The Balaban J connectivity index is 3.33. The lowest BCUT2D eigenvalue weighted by Gasteiger charge is -2.20. The van der Waals surface area contributed by atoms with Crippen molar-refractivity contribution in [2.24, 2.45) is 0 Å². The zero-order valence-corrected chi connectivity index (χ0v) is 48.9. The summed E-state index contributed by atoms with van der Waals surface area (Å²) in [6.45, 7) is 4.93. The zero-order valence-electron chi connectivity index (χ0n) is 48.9. The number of hydrogen-bond donors (Lipinski definition) is 3. The van der Waals surface area contributed by atoms with E-state index in [4.69, 9.17) is 4.74 Å². The molecule has 0 aromatic heterocycles. The van der Waals surface area contributed by atoms with Crippen LogP contribution in [0.5, 0.6) is 0 Å². The first kappa shape index (κ1) is 70.6. The van der Waals surface area contributed by atoms with Crippen molar-refractivity contribution < 1.29 is 24.5 Å². The highest BCUT2D eigenvalue weighted by Gasteiger charge is 2.18. The van der Waals surface area contributed by atoms with Crippen molar-refractivity contribution in [2.75, 3.05) is 13.2 Å². The number of carbonyl (C=O) groups excluding carboxylic acids is 2. The lowest BCUT2D eigenvalue weighted by Crippen LogP contribution is -2.45. The number of allylic oxidation sites excluding steroid dienone is 1. The lowest BCUT2D eigenvalue weighted by molar-refractivity contribution is -0.143. The number of ether oxygens (including phenoxy) is 1. The van der Waals surface area contributed by atoms with Gasteiger partial charge in [-0.3, -0.25) is 9.59 Å². The van der Waals surface area contributed by atoms with Gasteiger partial charge in [-0.15, -0.1) is 0 Å². The lowest BCUT2D eigenvalue weighted by atomic mass is 10.0. The highest BCUT2D eigenvalue weighted by molar-refractivity contribution is 5.76. The maximum atomic E-state index is 12.4. The quantitative estimate of drug-likeness (QED) is 0.0320. The van der Waals surface area contributed by atoms with Gasteiger partial charge in [0.05, 0.1) is 25.4 Å². The average molecular weight is 1020 g/mol. The van der Waals surface area contributed by atoms with Gasteiger partial charge in [0.15, 0.2) is 0 Å². The van der Waals surface area contributed by atoms with Crippen molar-refractivity contribution in [1.82, 2.24) is 5.32 Å². The number of amides is 1. The van der Waals surface area contributed by atoms with Crippen molar-refractivity contribution in [2.45, 2.75) is 386 Å². The molecule has 6 nitrogen and oxygen atoms in total. The minimum absolute atomic E-state index is 0.0205. The number of rotatable bonds is 62. The number of esters is 1. The van der Waals surface area contributed by atoms with E-state index in [2.05, 4.69) is 19.2 Å². The molecule has 6 heteroatoms. The van der Waals surface area contributed by atoms with E-state index >= 15 is 0 Å². The van der Waals surface area contributed by atoms with Gasteiger partial charge < -0.3 is 20.3 Å². The standard InChI is InChI=1S/C66H129NO5/c1-3-5-7-9-11-13-15-17-18-19-26-30-33-36-40-44-48-52-56-60-66(71)72-61-57-53-49-45-41-37-34-31-28-25-23-21-20-22-24-27-29-32-35-39-43-47-51-55-59-65(70)67-63(62-68)64(69)58-54-50-46-42-38-16-14-12-10-8-6-4-2/h54,58,63-64,68-69H,3-53,55-57,59-62H2,1-2H3,(H,67,70)/b58-54+. The van der Waals surface area contributed by atoms with E-state index in [-0.39, 0.29) is 18.5 Å². The van der Waals surface area contributed by atoms with Crippen LogP contribution in [0.2, 0.25) is 0 Å². The minimum Gasteiger partial charge on any atom is -0.466 e. The summed E-state index contributed by atoms with van der Waals surface area (Å²) in [6.07, 6.45) is 75.6. The molecule has 0 aliphatic heterocycles. The largest absolute Gasteiger partial charge is 0.466 e. The summed E-state index contributed by atoms with van der Waals surface area (Å²) < 4.78 is 5.51. The smallest absolute Gasteiger partial charge is 0.305 e. The Labute approximate surface area is 450 Å². The van der Waals surface area contributed by atoms with Crippen molar-refractivity contribution in [3.63, 3.8) is 0 Å². The first-order chi connectivity index (χ1) is 35.5. The second kappa shape index (κ2) is 62.1. The topological polar surface area (TPSA) is 95.9 Å². The molecule has 0 heterocycles. The predicted molar refractivity (Wildman–Crippen MR) is 315 cm³/mol. The van der Waals surface area contributed by atoms with E-state index in [0.29, 0.717) is 19.4 Å². The zero-order chi connectivity index (χ0) is 52.2. The number of carbonyl (C=O) groups is 2. The average Bonchev–Trinajstić information content (AvgIpc) is 3.38. The third-order valence-corrected chi connectivity index (χ3v) is 15.6. The Morgan fingerprint density at radius 2 is 0.639 bits per heavy atom. The molecule has 0 saturated heterocycles. The van der Waals surface area contributed by atoms with Gasteiger partial charge in [0.25, 0.3) is 0 Å². The molecule has 0 aliphatic rings. The van der Waals surface area contributed by atoms with Crippen LogP contribution in [0.15, 0.2) is 12.2 Å². The Morgan fingerprint density at radius 3 is 0.944 bits per heavy atom. The monoisotopic (exact) mass is 1020 g/mol. The molecule has 0 rings (SSSR count). The molecular weight excluding hydrogens is 887 g/mol. The second-order valence-corrected chi connectivity index (χ2v) is 22.8. The Kier molecular flexibility index (Phi) is 60.9. The van der Waals surface area contributed by atoms with Crippen molar-refractivity contribution in [1.29, 1.82) is 0 Å². The second-order valence-electron chi connectivity index (χ2n) is 22.8. The molecule has 0 aliphatic carbocycles. The van der Waals surface area contributed by atoms with Crippen LogP contribution in [0.1, 0.15) is 373 Å². The summed E-state index contributed by atoms with van der Waals surface area (Å²) in [7, 11) is 0. The van der Waals surface area contributed by atoms with Crippen molar-refractivity contribution in [3.8, 4) is 0 Å². The van der Waals surface area contributed by atoms with Crippen LogP contribution < -0.4 is 5.32 Å². The van der Waals surface area contributed by atoms with Crippen LogP contribution in [0, 0.1) is 0 Å². The van der Waals surface area contributed by atoms with Crippen LogP contribution in [0.4, 0.5) is 0 Å². The molecule has 3 N–H and O–H groups in total. The molecule has 0 fully saturated rings. The maximum Gasteiger partial charge on any atom is 0.305 e. The number of nitrogens with one attached hydrogen (secondary N) is 1. The summed E-state index contributed by atoms with van der Waals surface area (Å²) in [5, 5.41) is 23.1. The number of aliphatic hydroxyl groups excluding tert-OH is 2. The third-order valence-electron chi connectivity index (χ3n) is 15.6. The highest BCUT2D eigenvalue weighted by atomic mass is 16.5. The molecule has 0 radical (unpaired) electrons. The van der Waals surface area contributed by atoms with Gasteiger partial charge >= 0.3 is 5.97 Å². The molecule has 0 aromatic rings. The fraction of sp³-hybridized carbons (Fsp3) is 0.939. The van der Waals surface area contributed by atoms with Gasteiger partial charge in [0, 0.05) is 12.8 Å². The molecular formula is C66H129NO5. The fourth-order valence-corrected chi connectivity index (χ4v) is 10.5. The number of unbranched alkanes of at least 4 members (excludes halogenated alkanes) is 51. The summed E-state index contributed by atoms with van der Waals surface area (Å²) >= 11 is 0. The summed E-state index contributed by atoms with van der Waals surface area (Å²) in [5.41, 5.74) is 0. The molecule has 0 saturated carbocycles. The Bertz CT molecular complexity index is 1080. The van der Waals surface area contributed by atoms with Crippen molar-refractivity contribution >= 4 is 11.9 Å². The van der Waals surface area contributed by atoms with Gasteiger partial charge in [-0.2, -0.15) is 0 Å². The van der Waals surface area contributed by atoms with Crippen molar-refractivity contribution in [3.05, 3.63) is 12.2 Å². The molecule has 2 unspecified atom stereocenters. The minimum atomic E-state index is -0.842. The fourth-order valence-electron chi connectivity index (χ4n) is 10.5. The highest BCUT2D eigenvalue weighted by Crippen LogP contribution is 2.19. The number of aliphatic hydroxyl groups is 2. The summed E-state index contributed by atoms with van der Waals surface area (Å²) in [6, 6.07) is -0.625. The summed E-state index contributed by atoms with van der Waals surface area (Å²) in [4.78, 5) is 24.6. The molecule has 72 heavy (non-hydrogen) atoms. The van der Waals surface area contributed by atoms with Gasteiger partial charge in [0.2, 0.25) is 5.91 Å². The van der Waals surface area contributed by atoms with Crippen LogP contribution in [0.25, 0.3) is 0 Å². The molecule has 0 spiro atoms. The Morgan fingerprint density at radius 1 is 0.375 bits per heavy atom. The van der Waals surface area contributed by atoms with Gasteiger partial charge in [-0.25, -0.2) is 0 Å². The van der Waals surface area contributed by atoms with Crippen LogP contribution in [0.3, 0.4) is 0 Å². The molecule has 2 atom stereocenters. The van der Waals surface area contributed by atoms with E-state index in [1.807, 2.05) is 6.08 Å². The number of hydrogen-bond acceptors (Lipinski definition) is 5. The molecule has 428 valence electrons. The van der Waals surface area contributed by atoms with Gasteiger partial charge in [-0.1, -0.05) is 341 Å². The predicted octanol–water partition coefficient (Wildman–Crippen LogP) is 20.8. The van der Waals surface area contributed by atoms with Gasteiger partial charge in [0.1, 0.15) is 0 Å². The van der Waals surface area contributed by atoms with Crippen LogP contribution >= 0.6 is 0 Å². The molecule has 1 amide bonds.